The van der Waals surface area contributed by atoms with Crippen molar-refractivity contribution in [1.82, 2.24) is 4.98 Å². The maximum absolute atomic E-state index is 9.00. The molecule has 64 valence electrons. The zero-order valence-electron chi connectivity index (χ0n) is 7.25. The van der Waals surface area contributed by atoms with Crippen LogP contribution in [0.5, 0.6) is 0 Å². The molecule has 1 N–H and O–H groups in total. The Balaban J connectivity index is 2.35. The lowest BCUT2D eigenvalue weighted by molar-refractivity contribution is 0.232. The van der Waals surface area contributed by atoms with Crippen molar-refractivity contribution >= 4 is 0 Å². The van der Waals surface area contributed by atoms with Gasteiger partial charge in [-0.05, 0) is 42.9 Å². The van der Waals surface area contributed by atoms with Gasteiger partial charge < -0.3 is 5.11 Å². The molecule has 2 nitrogen and oxygen atoms in total. The van der Waals surface area contributed by atoms with Crippen LogP contribution in [0.15, 0.2) is 12.3 Å². The van der Waals surface area contributed by atoms with Crippen molar-refractivity contribution in [1.29, 1.82) is 0 Å². The molecule has 0 bridgehead atoms. The van der Waals surface area contributed by atoms with Crippen molar-refractivity contribution in [2.45, 2.75) is 19.8 Å². The number of fused-ring (bicyclic) bond motifs is 1. The molecular weight excluding hydrogens is 150 g/mol. The predicted octanol–water partition coefficient (Wildman–Crippen LogP) is 1.10. The Morgan fingerprint density at radius 3 is 3.08 bits per heavy atom. The Labute approximate surface area is 72.3 Å². The SMILES string of the molecule is Cc1ccnc2c1CC(CO)C2. The van der Waals surface area contributed by atoms with Gasteiger partial charge in [0.15, 0.2) is 0 Å². The summed E-state index contributed by atoms with van der Waals surface area (Å²) in [6.45, 7) is 2.40. The fourth-order valence-corrected chi connectivity index (χ4v) is 1.86. The summed E-state index contributed by atoms with van der Waals surface area (Å²) in [5.41, 5.74) is 3.86. The summed E-state index contributed by atoms with van der Waals surface area (Å²) in [5.74, 6) is 0.411. The number of nitrogens with zero attached hydrogens (tertiary/aromatic N) is 1. The van der Waals surface area contributed by atoms with E-state index in [1.54, 1.807) is 0 Å². The van der Waals surface area contributed by atoms with Crippen LogP contribution < -0.4 is 0 Å². The molecule has 1 aliphatic carbocycles. The van der Waals surface area contributed by atoms with Crippen molar-refractivity contribution in [3.05, 3.63) is 29.1 Å². The molecule has 0 spiro atoms. The van der Waals surface area contributed by atoms with Crippen LogP contribution >= 0.6 is 0 Å². The third-order valence-electron chi connectivity index (χ3n) is 2.61. The number of hydrogen-bond acceptors (Lipinski definition) is 2. The second-order valence-electron chi connectivity index (χ2n) is 3.51. The topological polar surface area (TPSA) is 33.1 Å². The highest BCUT2D eigenvalue weighted by Crippen LogP contribution is 2.26. The fourth-order valence-electron chi connectivity index (χ4n) is 1.86. The number of aliphatic hydroxyl groups excluding tert-OH is 1. The molecule has 0 radical (unpaired) electrons. The Kier molecular flexibility index (Phi) is 1.85. The highest BCUT2D eigenvalue weighted by molar-refractivity contribution is 5.33. The number of aryl methyl sites for hydroxylation is 1. The summed E-state index contributed by atoms with van der Waals surface area (Å²) in [7, 11) is 0. The largest absolute Gasteiger partial charge is 0.396 e. The highest BCUT2D eigenvalue weighted by atomic mass is 16.3. The van der Waals surface area contributed by atoms with E-state index >= 15 is 0 Å². The van der Waals surface area contributed by atoms with Crippen molar-refractivity contribution in [3.8, 4) is 0 Å². The minimum Gasteiger partial charge on any atom is -0.396 e. The molecule has 0 saturated heterocycles. The van der Waals surface area contributed by atoms with E-state index in [9.17, 15) is 0 Å². The number of hydrogen-bond donors (Lipinski definition) is 1. The molecule has 1 atom stereocenters. The van der Waals surface area contributed by atoms with E-state index in [4.69, 9.17) is 5.11 Å². The van der Waals surface area contributed by atoms with Gasteiger partial charge in [-0.1, -0.05) is 0 Å². The van der Waals surface area contributed by atoms with Gasteiger partial charge in [-0.25, -0.2) is 0 Å². The standard InChI is InChI=1S/C10H13NO/c1-7-2-3-11-10-5-8(6-12)4-9(7)10/h2-3,8,12H,4-6H2,1H3. The molecule has 0 aromatic carbocycles. The van der Waals surface area contributed by atoms with Gasteiger partial charge in [0.25, 0.3) is 0 Å². The van der Waals surface area contributed by atoms with Gasteiger partial charge in [0.2, 0.25) is 0 Å². The van der Waals surface area contributed by atoms with E-state index in [1.807, 2.05) is 12.3 Å². The third kappa shape index (κ3) is 1.12. The lowest BCUT2D eigenvalue weighted by atomic mass is 10.1. The maximum atomic E-state index is 9.00. The normalized spacial score (nSPS) is 21.0. The molecular formula is C10H13NO. The molecule has 1 aromatic heterocycles. The van der Waals surface area contributed by atoms with E-state index in [0.29, 0.717) is 5.92 Å². The second kappa shape index (κ2) is 2.87. The Hall–Kier alpha value is -0.890. The Bertz CT molecular complexity index is 296. The first-order valence-electron chi connectivity index (χ1n) is 4.35. The molecule has 0 aliphatic heterocycles. The zero-order valence-corrected chi connectivity index (χ0v) is 7.25. The van der Waals surface area contributed by atoms with E-state index in [0.717, 1.165) is 12.8 Å². The van der Waals surface area contributed by atoms with Crippen molar-refractivity contribution in [2.75, 3.05) is 6.61 Å². The van der Waals surface area contributed by atoms with Gasteiger partial charge in [-0.15, -0.1) is 0 Å². The molecule has 0 saturated carbocycles. The summed E-state index contributed by atoms with van der Waals surface area (Å²) in [6.07, 6.45) is 3.81. The maximum Gasteiger partial charge on any atom is 0.0466 e. The average molecular weight is 163 g/mol. The quantitative estimate of drug-likeness (QED) is 0.672. The first-order valence-corrected chi connectivity index (χ1v) is 4.35. The van der Waals surface area contributed by atoms with E-state index < -0.39 is 0 Å². The van der Waals surface area contributed by atoms with Gasteiger partial charge in [0.1, 0.15) is 0 Å². The Morgan fingerprint density at radius 1 is 1.58 bits per heavy atom. The summed E-state index contributed by atoms with van der Waals surface area (Å²) < 4.78 is 0. The lowest BCUT2D eigenvalue weighted by Gasteiger charge is -2.01. The van der Waals surface area contributed by atoms with E-state index in [-0.39, 0.29) is 6.61 Å². The van der Waals surface area contributed by atoms with Crippen LogP contribution in [0.2, 0.25) is 0 Å². The van der Waals surface area contributed by atoms with Crippen molar-refractivity contribution in [3.63, 3.8) is 0 Å². The molecule has 1 unspecified atom stereocenters. The molecule has 0 amide bonds. The second-order valence-corrected chi connectivity index (χ2v) is 3.51. The molecule has 1 aliphatic rings. The van der Waals surface area contributed by atoms with Crippen LogP contribution in [-0.4, -0.2) is 16.7 Å². The average Bonchev–Trinajstić information content (AvgIpc) is 2.49. The lowest BCUT2D eigenvalue weighted by Crippen LogP contribution is -2.04. The number of aromatic nitrogens is 1. The summed E-state index contributed by atoms with van der Waals surface area (Å²) in [6, 6.07) is 2.04. The van der Waals surface area contributed by atoms with Gasteiger partial charge in [0, 0.05) is 18.5 Å². The molecule has 2 heteroatoms. The van der Waals surface area contributed by atoms with Crippen LogP contribution in [-0.2, 0) is 12.8 Å². The summed E-state index contributed by atoms with van der Waals surface area (Å²) in [5, 5.41) is 9.00. The van der Waals surface area contributed by atoms with E-state index in [2.05, 4.69) is 11.9 Å². The van der Waals surface area contributed by atoms with Crippen LogP contribution in [0.3, 0.4) is 0 Å². The fraction of sp³-hybridized carbons (Fsp3) is 0.500. The smallest absolute Gasteiger partial charge is 0.0466 e. The van der Waals surface area contributed by atoms with E-state index in [1.165, 1.54) is 16.8 Å². The van der Waals surface area contributed by atoms with Crippen LogP contribution in [0.25, 0.3) is 0 Å². The molecule has 2 rings (SSSR count). The predicted molar refractivity (Wildman–Crippen MR) is 47.0 cm³/mol. The monoisotopic (exact) mass is 163 g/mol. The number of pyridine rings is 1. The Morgan fingerprint density at radius 2 is 2.42 bits per heavy atom. The van der Waals surface area contributed by atoms with Crippen molar-refractivity contribution in [2.24, 2.45) is 5.92 Å². The molecule has 0 fully saturated rings. The van der Waals surface area contributed by atoms with Crippen LogP contribution in [0.1, 0.15) is 16.8 Å². The summed E-state index contributed by atoms with van der Waals surface area (Å²) in [4.78, 5) is 4.31. The van der Waals surface area contributed by atoms with Crippen LogP contribution in [0.4, 0.5) is 0 Å². The molecule has 1 aromatic rings. The van der Waals surface area contributed by atoms with Gasteiger partial charge in [-0.2, -0.15) is 0 Å². The van der Waals surface area contributed by atoms with Gasteiger partial charge in [0.05, 0.1) is 0 Å². The number of rotatable bonds is 1. The zero-order chi connectivity index (χ0) is 8.55. The minimum atomic E-state index is 0.288. The van der Waals surface area contributed by atoms with Crippen LogP contribution in [0, 0.1) is 12.8 Å². The first-order chi connectivity index (χ1) is 5.81. The summed E-state index contributed by atoms with van der Waals surface area (Å²) >= 11 is 0. The third-order valence-corrected chi connectivity index (χ3v) is 2.61. The first kappa shape index (κ1) is 7.74. The van der Waals surface area contributed by atoms with Gasteiger partial charge in [-0.3, -0.25) is 4.98 Å². The van der Waals surface area contributed by atoms with Crippen molar-refractivity contribution < 1.29 is 5.11 Å². The minimum absolute atomic E-state index is 0.288. The van der Waals surface area contributed by atoms with Gasteiger partial charge >= 0.3 is 0 Å². The molecule has 12 heavy (non-hydrogen) atoms. The number of aliphatic hydroxyl groups is 1. The highest BCUT2D eigenvalue weighted by Gasteiger charge is 2.22. The molecule has 1 heterocycles.